The third-order valence-electron chi connectivity index (χ3n) is 1.54. The molecule has 10 heavy (non-hydrogen) atoms. The molecule has 0 unspecified atom stereocenters. The highest BCUT2D eigenvalue weighted by atomic mass is 14.8. The van der Waals surface area contributed by atoms with Crippen LogP contribution in [0.5, 0.6) is 0 Å². The van der Waals surface area contributed by atoms with Gasteiger partial charge in [-0.2, -0.15) is 0 Å². The van der Waals surface area contributed by atoms with Crippen molar-refractivity contribution in [1.82, 2.24) is 0 Å². The Labute approximate surface area is 64.6 Å². The van der Waals surface area contributed by atoms with E-state index in [0.717, 1.165) is 0 Å². The molecule has 60 valence electrons. The Morgan fingerprint density at radius 2 is 1.60 bits per heavy atom. The van der Waals surface area contributed by atoms with Gasteiger partial charge in [-0.3, -0.25) is 4.99 Å². The van der Waals surface area contributed by atoms with Crippen LogP contribution in [0.2, 0.25) is 0 Å². The van der Waals surface area contributed by atoms with Gasteiger partial charge in [0.1, 0.15) is 0 Å². The van der Waals surface area contributed by atoms with Crippen LogP contribution in [0.1, 0.15) is 41.5 Å². The standard InChI is InChI=1S/C9H19N/c1-7(2)10-8(3)9(4,5)6/h7H,1-6H3. The highest BCUT2D eigenvalue weighted by Gasteiger charge is 2.13. The zero-order chi connectivity index (χ0) is 8.36. The average Bonchev–Trinajstić information content (AvgIpc) is 1.60. The van der Waals surface area contributed by atoms with E-state index in [4.69, 9.17) is 0 Å². The summed E-state index contributed by atoms with van der Waals surface area (Å²) in [5, 5.41) is 0. The third-order valence-corrected chi connectivity index (χ3v) is 1.54. The predicted octanol–water partition coefficient (Wildman–Crippen LogP) is 2.90. The maximum atomic E-state index is 4.47. The van der Waals surface area contributed by atoms with Crippen LogP contribution in [0.4, 0.5) is 0 Å². The van der Waals surface area contributed by atoms with Crippen LogP contribution in [0.25, 0.3) is 0 Å². The normalized spacial score (nSPS) is 14.5. The molecule has 0 aromatic carbocycles. The minimum absolute atomic E-state index is 0.240. The minimum atomic E-state index is 0.240. The number of aliphatic imine (C=N–C) groups is 1. The van der Waals surface area contributed by atoms with E-state index < -0.39 is 0 Å². The Hall–Kier alpha value is -0.330. The molecule has 0 fully saturated rings. The molecule has 0 saturated heterocycles. The second kappa shape index (κ2) is 3.18. The summed E-state index contributed by atoms with van der Waals surface area (Å²) in [6, 6.07) is 0.430. The lowest BCUT2D eigenvalue weighted by Crippen LogP contribution is -2.18. The molecule has 0 aromatic rings. The van der Waals surface area contributed by atoms with Crippen molar-refractivity contribution in [3.05, 3.63) is 0 Å². The van der Waals surface area contributed by atoms with E-state index in [1.807, 2.05) is 0 Å². The van der Waals surface area contributed by atoms with Gasteiger partial charge in [0.2, 0.25) is 0 Å². The quantitative estimate of drug-likeness (QED) is 0.498. The van der Waals surface area contributed by atoms with Gasteiger partial charge in [-0.25, -0.2) is 0 Å². The Balaban J connectivity index is 4.20. The van der Waals surface area contributed by atoms with Crippen molar-refractivity contribution in [2.75, 3.05) is 0 Å². The molecule has 0 amide bonds. The summed E-state index contributed by atoms with van der Waals surface area (Å²) in [7, 11) is 0. The van der Waals surface area contributed by atoms with E-state index >= 15 is 0 Å². The van der Waals surface area contributed by atoms with Crippen LogP contribution < -0.4 is 0 Å². The Morgan fingerprint density at radius 1 is 1.20 bits per heavy atom. The fraction of sp³-hybridized carbons (Fsp3) is 0.889. The molecule has 0 aliphatic carbocycles. The largest absolute Gasteiger partial charge is 0.291 e. The molecule has 0 spiro atoms. The van der Waals surface area contributed by atoms with Crippen LogP contribution in [-0.4, -0.2) is 11.8 Å². The minimum Gasteiger partial charge on any atom is -0.291 e. The molecule has 1 heteroatoms. The van der Waals surface area contributed by atoms with Crippen molar-refractivity contribution >= 4 is 5.71 Å². The first-order chi connectivity index (χ1) is 4.34. The van der Waals surface area contributed by atoms with Gasteiger partial charge in [0, 0.05) is 11.8 Å². The molecular formula is C9H19N. The zero-order valence-corrected chi connectivity index (χ0v) is 8.02. The smallest absolute Gasteiger partial charge is 0.0442 e. The van der Waals surface area contributed by atoms with Crippen LogP contribution in [0, 0.1) is 5.41 Å². The van der Waals surface area contributed by atoms with Gasteiger partial charge < -0.3 is 0 Å². The molecule has 1 nitrogen and oxygen atoms in total. The summed E-state index contributed by atoms with van der Waals surface area (Å²) >= 11 is 0. The maximum Gasteiger partial charge on any atom is 0.0442 e. The van der Waals surface area contributed by atoms with E-state index in [1.165, 1.54) is 5.71 Å². The number of rotatable bonds is 1. The molecule has 0 heterocycles. The molecule has 0 N–H and O–H groups in total. The summed E-state index contributed by atoms with van der Waals surface area (Å²) in [5.74, 6) is 0. The highest BCUT2D eigenvalue weighted by molar-refractivity contribution is 5.86. The number of hydrogen-bond donors (Lipinski definition) is 0. The first kappa shape index (κ1) is 9.67. The number of nitrogens with zero attached hydrogens (tertiary/aromatic N) is 1. The first-order valence-corrected chi connectivity index (χ1v) is 3.89. The Morgan fingerprint density at radius 3 is 1.70 bits per heavy atom. The second-order valence-corrected chi connectivity index (χ2v) is 4.06. The topological polar surface area (TPSA) is 12.4 Å². The van der Waals surface area contributed by atoms with Crippen molar-refractivity contribution in [2.24, 2.45) is 10.4 Å². The molecule has 0 saturated carbocycles. The summed E-state index contributed by atoms with van der Waals surface area (Å²) in [5.41, 5.74) is 1.48. The van der Waals surface area contributed by atoms with Crippen molar-refractivity contribution < 1.29 is 0 Å². The first-order valence-electron chi connectivity index (χ1n) is 3.89. The van der Waals surface area contributed by atoms with Crippen LogP contribution in [0.3, 0.4) is 0 Å². The Bertz CT molecular complexity index is 126. The van der Waals surface area contributed by atoms with Crippen molar-refractivity contribution in [3.8, 4) is 0 Å². The number of hydrogen-bond acceptors (Lipinski definition) is 1. The van der Waals surface area contributed by atoms with Gasteiger partial charge in [-0.1, -0.05) is 20.8 Å². The fourth-order valence-electron chi connectivity index (χ4n) is 0.581. The van der Waals surface area contributed by atoms with Gasteiger partial charge in [0.15, 0.2) is 0 Å². The van der Waals surface area contributed by atoms with E-state index in [-0.39, 0.29) is 5.41 Å². The Kier molecular flexibility index (Phi) is 3.07. The SMILES string of the molecule is CC(=NC(C)C)C(C)(C)C. The van der Waals surface area contributed by atoms with E-state index in [9.17, 15) is 0 Å². The van der Waals surface area contributed by atoms with E-state index in [1.54, 1.807) is 0 Å². The molecule has 0 atom stereocenters. The van der Waals surface area contributed by atoms with Crippen molar-refractivity contribution in [1.29, 1.82) is 0 Å². The lowest BCUT2D eigenvalue weighted by atomic mass is 9.91. The van der Waals surface area contributed by atoms with Gasteiger partial charge >= 0.3 is 0 Å². The lowest BCUT2D eigenvalue weighted by molar-refractivity contribution is 0.580. The van der Waals surface area contributed by atoms with Crippen LogP contribution in [-0.2, 0) is 0 Å². The van der Waals surface area contributed by atoms with Crippen molar-refractivity contribution in [3.63, 3.8) is 0 Å². The monoisotopic (exact) mass is 141 g/mol. The molecule has 0 aliphatic rings. The van der Waals surface area contributed by atoms with Crippen LogP contribution in [0.15, 0.2) is 4.99 Å². The molecule has 0 bridgehead atoms. The summed E-state index contributed by atoms with van der Waals surface area (Å²) in [6.45, 7) is 12.9. The van der Waals surface area contributed by atoms with Crippen LogP contribution >= 0.6 is 0 Å². The van der Waals surface area contributed by atoms with Gasteiger partial charge in [-0.05, 0) is 26.2 Å². The maximum absolute atomic E-state index is 4.47. The third kappa shape index (κ3) is 3.65. The molecule has 0 radical (unpaired) electrons. The predicted molar refractivity (Wildman–Crippen MR) is 47.7 cm³/mol. The molecule has 0 aliphatic heterocycles. The summed E-state index contributed by atoms with van der Waals surface area (Å²) in [6.07, 6.45) is 0. The van der Waals surface area contributed by atoms with Crippen molar-refractivity contribution in [2.45, 2.75) is 47.6 Å². The van der Waals surface area contributed by atoms with Gasteiger partial charge in [0.05, 0.1) is 0 Å². The van der Waals surface area contributed by atoms with E-state index in [2.05, 4.69) is 46.5 Å². The highest BCUT2D eigenvalue weighted by Crippen LogP contribution is 2.16. The summed E-state index contributed by atoms with van der Waals surface area (Å²) in [4.78, 5) is 4.47. The van der Waals surface area contributed by atoms with Gasteiger partial charge in [-0.15, -0.1) is 0 Å². The molecule has 0 aromatic heterocycles. The average molecular weight is 141 g/mol. The van der Waals surface area contributed by atoms with Gasteiger partial charge in [0.25, 0.3) is 0 Å². The second-order valence-electron chi connectivity index (χ2n) is 4.06. The lowest BCUT2D eigenvalue weighted by Gasteiger charge is -2.18. The molecule has 0 rings (SSSR count). The fourth-order valence-corrected chi connectivity index (χ4v) is 0.581. The molecular weight excluding hydrogens is 122 g/mol. The summed E-state index contributed by atoms with van der Waals surface area (Å²) < 4.78 is 0. The zero-order valence-electron chi connectivity index (χ0n) is 8.02. The van der Waals surface area contributed by atoms with E-state index in [0.29, 0.717) is 6.04 Å².